The van der Waals surface area contributed by atoms with E-state index in [-0.39, 0.29) is 23.2 Å². The van der Waals surface area contributed by atoms with Gasteiger partial charge in [0.05, 0.1) is 11.3 Å². The van der Waals surface area contributed by atoms with Crippen LogP contribution in [0, 0.1) is 11.8 Å². The number of nitrogens with zero attached hydrogens (tertiary/aromatic N) is 4. The number of likely N-dealkylation sites (tertiary alicyclic amines) is 1. The number of hydrogen-bond donors (Lipinski definition) is 1. The molecule has 178 valence electrons. The van der Waals surface area contributed by atoms with E-state index in [1.807, 2.05) is 0 Å². The summed E-state index contributed by atoms with van der Waals surface area (Å²) in [6, 6.07) is 4.48. The maximum Gasteiger partial charge on any atom is 0.387 e. The van der Waals surface area contributed by atoms with E-state index in [0.717, 1.165) is 25.4 Å². The van der Waals surface area contributed by atoms with Crippen LogP contribution in [-0.2, 0) is 4.74 Å². The molecule has 2 aliphatic carbocycles. The number of anilines is 1. The Kier molecular flexibility index (Phi) is 4.92. The van der Waals surface area contributed by atoms with E-state index >= 15 is 0 Å². The molecule has 1 spiro atoms. The van der Waals surface area contributed by atoms with Crippen molar-refractivity contribution in [2.24, 2.45) is 11.8 Å². The van der Waals surface area contributed by atoms with Crippen LogP contribution in [0.1, 0.15) is 57.2 Å². The molecule has 33 heavy (non-hydrogen) atoms. The summed E-state index contributed by atoms with van der Waals surface area (Å²) in [6.07, 6.45) is 6.46. The normalized spacial score (nSPS) is 30.2. The first kappa shape index (κ1) is 21.3. The van der Waals surface area contributed by atoms with Gasteiger partial charge in [-0.25, -0.2) is 4.98 Å². The highest BCUT2D eigenvalue weighted by Gasteiger charge is 2.61. The molecule has 4 aliphatic rings. The Morgan fingerprint density at radius 3 is 2.61 bits per heavy atom. The minimum atomic E-state index is -2.95. The maximum atomic E-state index is 12.7. The number of halogens is 2. The summed E-state index contributed by atoms with van der Waals surface area (Å²) in [6.45, 7) is 4.41. The third kappa shape index (κ3) is 3.60. The van der Waals surface area contributed by atoms with E-state index in [4.69, 9.17) is 15.6 Å². The van der Waals surface area contributed by atoms with E-state index < -0.39 is 6.61 Å². The van der Waals surface area contributed by atoms with Crippen LogP contribution >= 0.6 is 0 Å². The molecule has 0 radical (unpaired) electrons. The molecule has 6 rings (SSSR count). The number of nitrogen functional groups attached to an aromatic ring is 1. The number of hydrogen-bond acceptors (Lipinski definition) is 6. The van der Waals surface area contributed by atoms with Crippen molar-refractivity contribution in [2.45, 2.75) is 69.7 Å². The number of nitrogens with two attached hydrogens (primary N) is 1. The Morgan fingerprint density at radius 1 is 1.21 bits per heavy atom. The van der Waals surface area contributed by atoms with Crippen LogP contribution in [-0.4, -0.2) is 57.6 Å². The van der Waals surface area contributed by atoms with E-state index in [1.165, 1.54) is 37.4 Å². The molecule has 2 N–H and O–H groups in total. The highest BCUT2D eigenvalue weighted by Crippen LogP contribution is 2.64. The lowest BCUT2D eigenvalue weighted by Crippen LogP contribution is -2.64. The molecule has 0 unspecified atom stereocenters. The third-order valence-electron chi connectivity index (χ3n) is 8.09. The van der Waals surface area contributed by atoms with Crippen LogP contribution in [0.4, 0.5) is 14.6 Å². The Morgan fingerprint density at radius 2 is 1.97 bits per heavy atom. The molecule has 9 heteroatoms. The van der Waals surface area contributed by atoms with Gasteiger partial charge < -0.3 is 15.2 Å². The maximum absolute atomic E-state index is 12.7. The summed E-state index contributed by atoms with van der Waals surface area (Å²) in [5, 5.41) is 4.81. The molecule has 2 aromatic heterocycles. The first-order valence-electron chi connectivity index (χ1n) is 12.0. The van der Waals surface area contributed by atoms with Gasteiger partial charge in [0.1, 0.15) is 0 Å². The molecule has 4 heterocycles. The predicted octanol–water partition coefficient (Wildman–Crippen LogP) is 4.07. The van der Waals surface area contributed by atoms with Crippen molar-refractivity contribution in [3.8, 4) is 17.0 Å². The van der Waals surface area contributed by atoms with Crippen LogP contribution in [0.25, 0.3) is 11.3 Å². The van der Waals surface area contributed by atoms with Gasteiger partial charge in [0.15, 0.2) is 11.6 Å². The molecule has 0 amide bonds. The van der Waals surface area contributed by atoms with Crippen LogP contribution < -0.4 is 10.5 Å². The molecule has 2 saturated carbocycles. The van der Waals surface area contributed by atoms with E-state index in [2.05, 4.69) is 39.2 Å². The topological polar surface area (TPSA) is 78.4 Å². The van der Waals surface area contributed by atoms with Gasteiger partial charge in [-0.3, -0.25) is 9.58 Å². The quantitative estimate of drug-likeness (QED) is 0.702. The molecule has 0 aromatic carbocycles. The lowest BCUT2D eigenvalue weighted by atomic mass is 9.88. The van der Waals surface area contributed by atoms with Crippen molar-refractivity contribution in [1.29, 1.82) is 0 Å². The van der Waals surface area contributed by atoms with Crippen molar-refractivity contribution in [2.75, 3.05) is 25.4 Å². The molecule has 0 bridgehead atoms. The van der Waals surface area contributed by atoms with Crippen molar-refractivity contribution in [3.05, 3.63) is 24.0 Å². The summed E-state index contributed by atoms with van der Waals surface area (Å²) >= 11 is 0. The molecule has 7 nitrogen and oxygen atoms in total. The van der Waals surface area contributed by atoms with Gasteiger partial charge in [-0.15, -0.1) is 0 Å². The number of fused-ring (bicyclic) bond motifs is 1. The largest absolute Gasteiger partial charge is 0.431 e. The van der Waals surface area contributed by atoms with Gasteiger partial charge in [-0.2, -0.15) is 13.9 Å². The molecule has 2 aliphatic heterocycles. The van der Waals surface area contributed by atoms with Crippen molar-refractivity contribution in [3.63, 3.8) is 0 Å². The number of rotatable bonds is 6. The minimum absolute atomic E-state index is 0.0545. The summed E-state index contributed by atoms with van der Waals surface area (Å²) in [4.78, 5) is 6.67. The van der Waals surface area contributed by atoms with Gasteiger partial charge in [0.2, 0.25) is 0 Å². The predicted molar refractivity (Wildman–Crippen MR) is 119 cm³/mol. The lowest BCUT2D eigenvalue weighted by Gasteiger charge is -2.50. The summed E-state index contributed by atoms with van der Waals surface area (Å²) in [7, 11) is 0. The second kappa shape index (κ2) is 7.63. The zero-order chi connectivity index (χ0) is 22.9. The summed E-state index contributed by atoms with van der Waals surface area (Å²) in [5.74, 6) is 1.73. The van der Waals surface area contributed by atoms with Crippen molar-refractivity contribution in [1.82, 2.24) is 19.7 Å². The van der Waals surface area contributed by atoms with Gasteiger partial charge in [0, 0.05) is 55.2 Å². The van der Waals surface area contributed by atoms with Crippen LogP contribution in [0.2, 0.25) is 0 Å². The number of alkyl halides is 2. The molecule has 4 fully saturated rings. The fourth-order valence-electron chi connectivity index (χ4n) is 6.50. The number of pyridine rings is 1. The van der Waals surface area contributed by atoms with E-state index in [9.17, 15) is 8.78 Å². The van der Waals surface area contributed by atoms with Crippen LogP contribution in [0.3, 0.4) is 0 Å². The molecule has 2 aromatic rings. The average Bonchev–Trinajstić information content (AvgIpc) is 3.23. The van der Waals surface area contributed by atoms with Crippen molar-refractivity contribution >= 4 is 5.82 Å². The first-order valence-corrected chi connectivity index (χ1v) is 12.0. The first-order chi connectivity index (χ1) is 15.8. The second-order valence-corrected chi connectivity index (χ2v) is 10.5. The average molecular weight is 460 g/mol. The Bertz CT molecular complexity index is 1030. The highest BCUT2D eigenvalue weighted by atomic mass is 19.3. The van der Waals surface area contributed by atoms with Gasteiger partial charge in [-0.05, 0) is 63.5 Å². The zero-order valence-corrected chi connectivity index (χ0v) is 19.1. The molecule has 2 saturated heterocycles. The van der Waals surface area contributed by atoms with Crippen LogP contribution in [0.5, 0.6) is 5.75 Å². The van der Waals surface area contributed by atoms with Crippen molar-refractivity contribution < 1.29 is 18.3 Å². The van der Waals surface area contributed by atoms with Gasteiger partial charge in [-0.1, -0.05) is 0 Å². The second-order valence-electron chi connectivity index (χ2n) is 10.5. The minimum Gasteiger partial charge on any atom is -0.431 e. The standard InChI is InChI=1S/C24H31F2N5O2/c1-13(2)31-19(9-18(29-31)14-6-20(33-23(25)26)22(27)28-10-14)21-16-7-15(8-17(16)21)30-11-24(12-30)4-3-5-32-24/h6,9-10,13,15-17,21,23H,3-5,7-8,11-12H2,1-2H3,(H2,27,28)/t15-,16-,17+,21+. The van der Waals surface area contributed by atoms with E-state index in [1.54, 1.807) is 6.20 Å². The number of aromatic nitrogens is 3. The Hall–Kier alpha value is -2.26. The Labute approximate surface area is 192 Å². The van der Waals surface area contributed by atoms with Crippen LogP contribution in [0.15, 0.2) is 18.3 Å². The Balaban J connectivity index is 1.18. The summed E-state index contributed by atoms with van der Waals surface area (Å²) < 4.78 is 38.1. The van der Waals surface area contributed by atoms with E-state index in [0.29, 0.717) is 29.4 Å². The fourth-order valence-corrected chi connectivity index (χ4v) is 6.50. The number of ether oxygens (including phenoxy) is 2. The third-order valence-corrected chi connectivity index (χ3v) is 8.09. The molecule has 4 atom stereocenters. The fraction of sp³-hybridized carbons (Fsp3) is 0.667. The smallest absolute Gasteiger partial charge is 0.387 e. The molecular weight excluding hydrogens is 428 g/mol. The SMILES string of the molecule is CC(C)n1nc(-c2cnc(N)c(OC(F)F)c2)cc1[C@H]1[C@@H]2C[C@@H](N3CC4(CCCO4)C3)C[C@@H]21. The lowest BCUT2D eigenvalue weighted by molar-refractivity contribution is -0.126. The monoisotopic (exact) mass is 459 g/mol. The highest BCUT2D eigenvalue weighted by molar-refractivity contribution is 5.64. The van der Waals surface area contributed by atoms with Gasteiger partial charge in [0.25, 0.3) is 0 Å². The summed E-state index contributed by atoms with van der Waals surface area (Å²) in [5.41, 5.74) is 8.45. The zero-order valence-electron chi connectivity index (χ0n) is 19.1. The van der Waals surface area contributed by atoms with Gasteiger partial charge >= 0.3 is 6.61 Å². The molecular formula is C24H31F2N5O2.